The summed E-state index contributed by atoms with van der Waals surface area (Å²) in [7, 11) is 0. The molecule has 1 aromatic carbocycles. The molecule has 1 heterocycles. The molecule has 1 fully saturated rings. The first-order chi connectivity index (χ1) is 9.11. The van der Waals surface area contributed by atoms with E-state index in [9.17, 15) is 0 Å². The van der Waals surface area contributed by atoms with Gasteiger partial charge in [0, 0.05) is 20.9 Å². The minimum atomic E-state index is 0.773. The minimum Gasteiger partial charge on any atom is -0.330 e. The van der Waals surface area contributed by atoms with Crippen LogP contribution in [-0.2, 0) is 0 Å². The zero-order valence-corrected chi connectivity index (χ0v) is 14.2. The van der Waals surface area contributed by atoms with Crippen LogP contribution in [-0.4, -0.2) is 23.3 Å². The van der Waals surface area contributed by atoms with Crippen LogP contribution in [0, 0.1) is 5.92 Å². The van der Waals surface area contributed by atoms with Crippen molar-refractivity contribution < 1.29 is 0 Å². The lowest BCUT2D eigenvalue weighted by Gasteiger charge is -2.07. The third-order valence-electron chi connectivity index (χ3n) is 2.75. The zero-order chi connectivity index (χ0) is 14.1. The SMILES string of the molecule is CC(C)CCN.Clc1ccc(SC2CCSC2)cc1. The Morgan fingerprint density at radius 1 is 1.37 bits per heavy atom. The largest absolute Gasteiger partial charge is 0.330 e. The highest BCUT2D eigenvalue weighted by molar-refractivity contribution is 8.04. The van der Waals surface area contributed by atoms with Crippen LogP contribution in [0.5, 0.6) is 0 Å². The Morgan fingerprint density at radius 2 is 2.05 bits per heavy atom. The van der Waals surface area contributed by atoms with E-state index in [-0.39, 0.29) is 0 Å². The molecule has 0 spiro atoms. The van der Waals surface area contributed by atoms with Crippen molar-refractivity contribution in [3.8, 4) is 0 Å². The molecular weight excluding hydrogens is 294 g/mol. The van der Waals surface area contributed by atoms with Gasteiger partial charge in [0.05, 0.1) is 0 Å². The fourth-order valence-corrected chi connectivity index (χ4v) is 4.44. The molecular formula is C15H24ClNS2. The third-order valence-corrected chi connectivity index (χ3v) is 5.65. The summed E-state index contributed by atoms with van der Waals surface area (Å²) in [4.78, 5) is 1.34. The second kappa shape index (κ2) is 9.98. The Bertz CT molecular complexity index is 335. The highest BCUT2D eigenvalue weighted by Crippen LogP contribution is 2.33. The first-order valence-electron chi connectivity index (χ1n) is 6.82. The molecule has 1 aliphatic heterocycles. The number of benzene rings is 1. The number of nitrogens with two attached hydrogens (primary N) is 1. The summed E-state index contributed by atoms with van der Waals surface area (Å²) < 4.78 is 0. The second-order valence-electron chi connectivity index (χ2n) is 5.03. The van der Waals surface area contributed by atoms with Crippen LogP contribution in [0.2, 0.25) is 5.02 Å². The van der Waals surface area contributed by atoms with Crippen molar-refractivity contribution in [3.05, 3.63) is 29.3 Å². The molecule has 1 atom stereocenters. The zero-order valence-electron chi connectivity index (χ0n) is 11.8. The van der Waals surface area contributed by atoms with Crippen molar-refractivity contribution in [2.24, 2.45) is 11.7 Å². The molecule has 1 unspecified atom stereocenters. The lowest BCUT2D eigenvalue weighted by Crippen LogP contribution is -2.01. The first-order valence-corrected chi connectivity index (χ1v) is 9.23. The van der Waals surface area contributed by atoms with E-state index in [0.29, 0.717) is 0 Å². The molecule has 4 heteroatoms. The van der Waals surface area contributed by atoms with E-state index in [2.05, 4.69) is 37.7 Å². The predicted octanol–water partition coefficient (Wildman–Crippen LogP) is 4.93. The van der Waals surface area contributed by atoms with E-state index in [1.54, 1.807) is 0 Å². The van der Waals surface area contributed by atoms with E-state index in [4.69, 9.17) is 17.3 Å². The summed E-state index contributed by atoms with van der Waals surface area (Å²) in [5, 5.41) is 1.64. The lowest BCUT2D eigenvalue weighted by atomic mass is 10.1. The molecule has 2 N–H and O–H groups in total. The highest BCUT2D eigenvalue weighted by Gasteiger charge is 2.16. The van der Waals surface area contributed by atoms with Crippen LogP contribution in [0.3, 0.4) is 0 Å². The van der Waals surface area contributed by atoms with Crippen LogP contribution < -0.4 is 5.73 Å². The third kappa shape index (κ3) is 8.13. The molecule has 0 bridgehead atoms. The number of hydrogen-bond acceptors (Lipinski definition) is 3. The highest BCUT2D eigenvalue weighted by atomic mass is 35.5. The van der Waals surface area contributed by atoms with Crippen molar-refractivity contribution in [1.82, 2.24) is 0 Å². The van der Waals surface area contributed by atoms with Gasteiger partial charge in [-0.25, -0.2) is 0 Å². The molecule has 1 aliphatic rings. The maximum atomic E-state index is 5.81. The molecule has 0 aliphatic carbocycles. The van der Waals surface area contributed by atoms with E-state index < -0.39 is 0 Å². The summed E-state index contributed by atoms with van der Waals surface area (Å²) in [5.41, 5.74) is 5.23. The van der Waals surface area contributed by atoms with E-state index in [1.807, 2.05) is 23.9 Å². The molecule has 0 saturated carbocycles. The summed E-state index contributed by atoms with van der Waals surface area (Å²) in [6.07, 6.45) is 2.50. The summed E-state index contributed by atoms with van der Waals surface area (Å²) in [6.45, 7) is 5.18. The Labute approximate surface area is 131 Å². The van der Waals surface area contributed by atoms with E-state index in [0.717, 1.165) is 29.2 Å². The fourth-order valence-electron chi connectivity index (χ4n) is 1.64. The van der Waals surface area contributed by atoms with Gasteiger partial charge in [-0.15, -0.1) is 11.8 Å². The standard InChI is InChI=1S/C10H11ClS2.C5H13N/c11-8-1-3-9(4-2-8)13-10-5-6-12-7-10;1-5(2)3-4-6/h1-4,10H,5-7H2;5H,3-4,6H2,1-2H3. The summed E-state index contributed by atoms with van der Waals surface area (Å²) in [6, 6.07) is 8.14. The van der Waals surface area contributed by atoms with Crippen LogP contribution in [0.1, 0.15) is 26.7 Å². The Kier molecular flexibility index (Phi) is 9.04. The smallest absolute Gasteiger partial charge is 0.0406 e. The molecule has 108 valence electrons. The minimum absolute atomic E-state index is 0.773. The molecule has 2 rings (SSSR count). The summed E-state index contributed by atoms with van der Waals surface area (Å²) in [5.74, 6) is 3.40. The van der Waals surface area contributed by atoms with Crippen LogP contribution >= 0.6 is 35.1 Å². The van der Waals surface area contributed by atoms with Gasteiger partial charge in [0.15, 0.2) is 0 Å². The predicted molar refractivity (Wildman–Crippen MR) is 91.5 cm³/mol. The molecule has 1 nitrogen and oxygen atoms in total. The number of rotatable bonds is 4. The van der Waals surface area contributed by atoms with Gasteiger partial charge < -0.3 is 5.73 Å². The van der Waals surface area contributed by atoms with Crippen molar-refractivity contribution in [1.29, 1.82) is 0 Å². The number of hydrogen-bond donors (Lipinski definition) is 1. The quantitative estimate of drug-likeness (QED) is 0.852. The number of halogens is 1. The molecule has 0 aromatic heterocycles. The Hall–Kier alpha value is 0.170. The average molecular weight is 318 g/mol. The molecule has 19 heavy (non-hydrogen) atoms. The maximum Gasteiger partial charge on any atom is 0.0406 e. The van der Waals surface area contributed by atoms with Gasteiger partial charge in [-0.1, -0.05) is 25.4 Å². The maximum absolute atomic E-state index is 5.81. The van der Waals surface area contributed by atoms with Crippen LogP contribution in [0.15, 0.2) is 29.2 Å². The van der Waals surface area contributed by atoms with Crippen molar-refractivity contribution in [2.45, 2.75) is 36.8 Å². The van der Waals surface area contributed by atoms with E-state index >= 15 is 0 Å². The van der Waals surface area contributed by atoms with Crippen LogP contribution in [0.25, 0.3) is 0 Å². The summed E-state index contributed by atoms with van der Waals surface area (Å²) >= 11 is 9.85. The topological polar surface area (TPSA) is 26.0 Å². The normalized spacial score (nSPS) is 18.3. The molecule has 0 amide bonds. The van der Waals surface area contributed by atoms with Gasteiger partial charge >= 0.3 is 0 Å². The van der Waals surface area contributed by atoms with Gasteiger partial charge in [0.2, 0.25) is 0 Å². The van der Waals surface area contributed by atoms with Gasteiger partial charge in [-0.2, -0.15) is 11.8 Å². The van der Waals surface area contributed by atoms with Crippen LogP contribution in [0.4, 0.5) is 0 Å². The lowest BCUT2D eigenvalue weighted by molar-refractivity contribution is 0.596. The molecule has 1 aromatic rings. The van der Waals surface area contributed by atoms with Crippen molar-refractivity contribution in [3.63, 3.8) is 0 Å². The number of thioether (sulfide) groups is 2. The fraction of sp³-hybridized carbons (Fsp3) is 0.600. The monoisotopic (exact) mass is 317 g/mol. The average Bonchev–Trinajstić information content (AvgIpc) is 2.86. The Balaban J connectivity index is 0.000000258. The van der Waals surface area contributed by atoms with Crippen molar-refractivity contribution >= 4 is 35.1 Å². The van der Waals surface area contributed by atoms with Gasteiger partial charge in [-0.05, 0) is 55.3 Å². The first kappa shape index (κ1) is 17.2. The van der Waals surface area contributed by atoms with Gasteiger partial charge in [0.1, 0.15) is 0 Å². The van der Waals surface area contributed by atoms with Gasteiger partial charge in [-0.3, -0.25) is 0 Å². The van der Waals surface area contributed by atoms with Crippen molar-refractivity contribution in [2.75, 3.05) is 18.1 Å². The van der Waals surface area contributed by atoms with E-state index in [1.165, 1.54) is 22.8 Å². The van der Waals surface area contributed by atoms with Gasteiger partial charge in [0.25, 0.3) is 0 Å². The molecule has 0 radical (unpaired) electrons. The second-order valence-corrected chi connectivity index (χ2v) is 7.99. The Morgan fingerprint density at radius 3 is 2.47 bits per heavy atom. The molecule has 1 saturated heterocycles.